The van der Waals surface area contributed by atoms with Crippen LogP contribution in [0.2, 0.25) is 0 Å². The van der Waals surface area contributed by atoms with Gasteiger partial charge in [-0.15, -0.1) is 10.2 Å². The van der Waals surface area contributed by atoms with Crippen LogP contribution in [-0.2, 0) is 4.79 Å². The maximum Gasteiger partial charge on any atom is 0.262 e. The van der Waals surface area contributed by atoms with Crippen LogP contribution in [0.3, 0.4) is 0 Å². The summed E-state index contributed by atoms with van der Waals surface area (Å²) in [5.74, 6) is 0.638. The molecule has 1 aromatic carbocycles. The van der Waals surface area contributed by atoms with Crippen molar-refractivity contribution < 1.29 is 4.79 Å². The molecule has 0 saturated carbocycles. The number of carbonyl (C=O) groups excluding carboxylic acids is 1. The topological polar surface area (TPSA) is 118 Å². The highest BCUT2D eigenvalue weighted by atomic mass is 32.2. The molecule has 0 fully saturated rings. The third-order valence-electron chi connectivity index (χ3n) is 3.98. The highest BCUT2D eigenvalue weighted by molar-refractivity contribution is 8.01. The van der Waals surface area contributed by atoms with Gasteiger partial charge < -0.3 is 4.98 Å². The molecule has 12 heteroatoms. The molecule has 0 radical (unpaired) electrons. The number of carbonyl (C=O) groups is 1. The lowest BCUT2D eigenvalue weighted by Gasteiger charge is -2.09. The van der Waals surface area contributed by atoms with Gasteiger partial charge in [-0.2, -0.15) is 5.10 Å². The first-order valence-electron chi connectivity index (χ1n) is 9.02. The minimum absolute atomic E-state index is 0.247. The molecule has 9 nitrogen and oxygen atoms in total. The molecule has 0 aliphatic rings. The number of benzene rings is 1. The second-order valence-corrected chi connectivity index (χ2v) is 9.87. The number of fused-ring (bicyclic) bond motifs is 1. The van der Waals surface area contributed by atoms with Crippen LogP contribution in [0.15, 0.2) is 50.8 Å². The van der Waals surface area contributed by atoms with Crippen molar-refractivity contribution in [1.82, 2.24) is 29.9 Å². The number of anilines is 1. The Morgan fingerprint density at radius 1 is 1.30 bits per heavy atom. The minimum Gasteiger partial charge on any atom is -0.301 e. The SMILES string of the molecule is CCSc1nnc(NC(=O)C(C)Sc2nc3c(cnn3-c3ccccc3)c(=O)[nH]2)s1. The summed E-state index contributed by atoms with van der Waals surface area (Å²) in [6, 6.07) is 9.43. The van der Waals surface area contributed by atoms with Crippen molar-refractivity contribution in [3.8, 4) is 5.69 Å². The first-order valence-corrected chi connectivity index (χ1v) is 11.7. The van der Waals surface area contributed by atoms with E-state index in [0.29, 0.717) is 21.3 Å². The molecule has 4 rings (SSSR count). The number of para-hydroxylation sites is 1. The van der Waals surface area contributed by atoms with Crippen molar-refractivity contribution >= 4 is 56.9 Å². The Morgan fingerprint density at radius 2 is 2.10 bits per heavy atom. The molecular weight excluding hydrogens is 442 g/mol. The van der Waals surface area contributed by atoms with Crippen molar-refractivity contribution in [2.75, 3.05) is 11.1 Å². The zero-order valence-electron chi connectivity index (χ0n) is 16.0. The molecule has 3 heterocycles. The lowest BCUT2D eigenvalue weighted by molar-refractivity contribution is -0.115. The number of amides is 1. The third kappa shape index (κ3) is 4.40. The monoisotopic (exact) mass is 459 g/mol. The second kappa shape index (κ2) is 8.98. The van der Waals surface area contributed by atoms with E-state index < -0.39 is 5.25 Å². The minimum atomic E-state index is -0.509. The molecule has 1 atom stereocenters. The quantitative estimate of drug-likeness (QED) is 0.246. The van der Waals surface area contributed by atoms with Gasteiger partial charge in [-0.05, 0) is 24.8 Å². The number of nitrogens with one attached hydrogen (secondary N) is 2. The molecule has 0 aliphatic heterocycles. The number of rotatable bonds is 7. The van der Waals surface area contributed by atoms with E-state index >= 15 is 0 Å². The molecule has 3 aromatic heterocycles. The first-order chi connectivity index (χ1) is 14.5. The third-order valence-corrected chi connectivity index (χ3v) is 6.82. The van der Waals surface area contributed by atoms with Crippen LogP contribution in [0.5, 0.6) is 0 Å². The zero-order valence-corrected chi connectivity index (χ0v) is 18.5. The van der Waals surface area contributed by atoms with E-state index in [2.05, 4.69) is 30.6 Å². The standard InChI is InChI=1S/C18H17N7O2S3/c1-3-28-18-24-23-17(30-18)21-14(26)10(2)29-16-20-13-12(15(27)22-16)9-19-25(13)11-7-5-4-6-8-11/h4-10H,3H2,1-2H3,(H,20,22,27)(H,21,23,26). The fourth-order valence-electron chi connectivity index (χ4n) is 2.58. The Labute approximate surface area is 183 Å². The number of H-pyrrole nitrogens is 1. The van der Waals surface area contributed by atoms with Crippen LogP contribution in [0.25, 0.3) is 16.7 Å². The van der Waals surface area contributed by atoms with E-state index in [9.17, 15) is 9.59 Å². The van der Waals surface area contributed by atoms with E-state index in [1.165, 1.54) is 17.5 Å². The molecule has 0 aliphatic carbocycles. The molecule has 1 unspecified atom stereocenters. The molecule has 4 aromatic rings. The van der Waals surface area contributed by atoms with Gasteiger partial charge in [0.1, 0.15) is 5.39 Å². The van der Waals surface area contributed by atoms with Gasteiger partial charge in [-0.3, -0.25) is 14.9 Å². The van der Waals surface area contributed by atoms with E-state index in [4.69, 9.17) is 0 Å². The Balaban J connectivity index is 1.54. The van der Waals surface area contributed by atoms with E-state index in [-0.39, 0.29) is 11.5 Å². The van der Waals surface area contributed by atoms with Gasteiger partial charge in [-0.25, -0.2) is 9.67 Å². The fourth-order valence-corrected chi connectivity index (χ4v) is 5.03. The van der Waals surface area contributed by atoms with E-state index in [1.807, 2.05) is 37.3 Å². The number of thioether (sulfide) groups is 2. The van der Waals surface area contributed by atoms with Crippen molar-refractivity contribution in [1.29, 1.82) is 0 Å². The van der Waals surface area contributed by atoms with Gasteiger partial charge in [0, 0.05) is 0 Å². The summed E-state index contributed by atoms with van der Waals surface area (Å²) in [6.07, 6.45) is 1.49. The Kier molecular flexibility index (Phi) is 6.16. The highest BCUT2D eigenvalue weighted by Gasteiger charge is 2.19. The van der Waals surface area contributed by atoms with Crippen LogP contribution >= 0.6 is 34.9 Å². The second-order valence-electron chi connectivity index (χ2n) is 6.06. The predicted octanol–water partition coefficient (Wildman–Crippen LogP) is 3.19. The number of hydrogen-bond donors (Lipinski definition) is 2. The summed E-state index contributed by atoms with van der Waals surface area (Å²) in [7, 11) is 0. The van der Waals surface area contributed by atoms with Gasteiger partial charge in [-0.1, -0.05) is 60.0 Å². The van der Waals surface area contributed by atoms with Gasteiger partial charge in [0.25, 0.3) is 5.56 Å². The molecule has 1 amide bonds. The highest BCUT2D eigenvalue weighted by Crippen LogP contribution is 2.27. The van der Waals surface area contributed by atoms with Crippen LogP contribution < -0.4 is 10.9 Å². The van der Waals surface area contributed by atoms with Crippen molar-refractivity contribution in [3.63, 3.8) is 0 Å². The van der Waals surface area contributed by atoms with Crippen molar-refractivity contribution in [2.24, 2.45) is 0 Å². The molecule has 0 saturated heterocycles. The van der Waals surface area contributed by atoms with Crippen molar-refractivity contribution in [2.45, 2.75) is 28.6 Å². The van der Waals surface area contributed by atoms with Gasteiger partial charge in [0.05, 0.1) is 17.1 Å². The molecule has 2 N–H and O–H groups in total. The Hall–Kier alpha value is -2.70. The number of aromatic nitrogens is 6. The lowest BCUT2D eigenvalue weighted by atomic mass is 10.3. The zero-order chi connectivity index (χ0) is 21.1. The summed E-state index contributed by atoms with van der Waals surface area (Å²) in [6.45, 7) is 3.76. The van der Waals surface area contributed by atoms with Crippen LogP contribution in [0.4, 0.5) is 5.13 Å². The maximum atomic E-state index is 12.5. The average molecular weight is 460 g/mol. The number of aromatic amines is 1. The average Bonchev–Trinajstić information content (AvgIpc) is 3.36. The fraction of sp³-hybridized carbons (Fsp3) is 0.222. The Bertz CT molecular complexity index is 1240. The Morgan fingerprint density at radius 3 is 2.87 bits per heavy atom. The normalized spacial score (nSPS) is 12.2. The molecule has 30 heavy (non-hydrogen) atoms. The summed E-state index contributed by atoms with van der Waals surface area (Å²) in [5, 5.41) is 15.7. The molecule has 154 valence electrons. The summed E-state index contributed by atoms with van der Waals surface area (Å²) < 4.78 is 2.41. The lowest BCUT2D eigenvalue weighted by Crippen LogP contribution is -2.23. The molecular formula is C18H17N7O2S3. The van der Waals surface area contributed by atoms with Crippen LogP contribution in [0, 0.1) is 0 Å². The number of hydrogen-bond acceptors (Lipinski definition) is 9. The molecule has 0 bridgehead atoms. The maximum absolute atomic E-state index is 12.5. The van der Waals surface area contributed by atoms with Gasteiger partial charge in [0.15, 0.2) is 15.1 Å². The molecule has 0 spiro atoms. The summed E-state index contributed by atoms with van der Waals surface area (Å²) in [5.41, 5.74) is 0.928. The van der Waals surface area contributed by atoms with E-state index in [1.54, 1.807) is 23.4 Å². The smallest absolute Gasteiger partial charge is 0.262 e. The number of nitrogens with zero attached hydrogens (tertiary/aromatic N) is 5. The summed E-state index contributed by atoms with van der Waals surface area (Å²) in [4.78, 5) is 32.3. The van der Waals surface area contributed by atoms with Crippen molar-refractivity contribution in [3.05, 3.63) is 46.9 Å². The van der Waals surface area contributed by atoms with E-state index in [0.717, 1.165) is 27.5 Å². The predicted molar refractivity (Wildman–Crippen MR) is 120 cm³/mol. The largest absolute Gasteiger partial charge is 0.301 e. The van der Waals surface area contributed by atoms with Crippen LogP contribution in [-0.4, -0.2) is 46.9 Å². The van der Waals surface area contributed by atoms with Gasteiger partial charge >= 0.3 is 0 Å². The summed E-state index contributed by atoms with van der Waals surface area (Å²) >= 11 is 4.05. The van der Waals surface area contributed by atoms with Gasteiger partial charge in [0.2, 0.25) is 11.0 Å². The first kappa shape index (κ1) is 20.6. The van der Waals surface area contributed by atoms with Crippen LogP contribution in [0.1, 0.15) is 13.8 Å².